The highest BCUT2D eigenvalue weighted by atomic mass is 16.3. The number of hydrogen-bond acceptors (Lipinski definition) is 2. The fourth-order valence-corrected chi connectivity index (χ4v) is 2.34. The van der Waals surface area contributed by atoms with Gasteiger partial charge in [0, 0.05) is 6.42 Å². The maximum absolute atomic E-state index is 10.4. The Labute approximate surface area is 97.7 Å². The molecule has 1 fully saturated rings. The molecule has 2 nitrogen and oxygen atoms in total. The summed E-state index contributed by atoms with van der Waals surface area (Å²) in [5.74, 6) is 0. The van der Waals surface area contributed by atoms with E-state index in [-0.39, 0.29) is 0 Å². The van der Waals surface area contributed by atoms with Gasteiger partial charge in [-0.05, 0) is 43.5 Å². The smallest absolute Gasteiger partial charge is 0.0712 e. The molecular formula is C14H21NO. The van der Waals surface area contributed by atoms with Gasteiger partial charge in [-0.15, -0.1) is 0 Å². The monoisotopic (exact) mass is 219 g/mol. The molecule has 2 rings (SSSR count). The summed E-state index contributed by atoms with van der Waals surface area (Å²) in [4.78, 5) is 0. The summed E-state index contributed by atoms with van der Waals surface area (Å²) in [6, 6.07) is 8.64. The van der Waals surface area contributed by atoms with Gasteiger partial charge in [0.2, 0.25) is 0 Å². The molecule has 2 N–H and O–H groups in total. The Bertz CT molecular complexity index is 325. The van der Waals surface area contributed by atoms with E-state index in [9.17, 15) is 5.11 Å². The molecule has 0 atom stereocenters. The van der Waals surface area contributed by atoms with Crippen LogP contribution in [0, 0.1) is 0 Å². The lowest BCUT2D eigenvalue weighted by Crippen LogP contribution is -2.43. The molecule has 1 heterocycles. The second-order valence-corrected chi connectivity index (χ2v) is 4.82. The first-order valence-electron chi connectivity index (χ1n) is 6.23. The molecule has 88 valence electrons. The summed E-state index contributed by atoms with van der Waals surface area (Å²) in [6.45, 7) is 4.03. The Balaban J connectivity index is 2.01. The Hall–Kier alpha value is -0.860. The van der Waals surface area contributed by atoms with Crippen molar-refractivity contribution in [1.82, 2.24) is 5.32 Å². The van der Waals surface area contributed by atoms with Gasteiger partial charge >= 0.3 is 0 Å². The molecule has 0 amide bonds. The minimum absolute atomic E-state index is 0.487. The molecule has 0 saturated carbocycles. The number of rotatable bonds is 3. The molecule has 0 unspecified atom stereocenters. The highest BCUT2D eigenvalue weighted by Crippen LogP contribution is 2.23. The first kappa shape index (κ1) is 11.6. The van der Waals surface area contributed by atoms with Gasteiger partial charge in [-0.1, -0.05) is 31.2 Å². The summed E-state index contributed by atoms with van der Waals surface area (Å²) < 4.78 is 0. The molecule has 2 heteroatoms. The van der Waals surface area contributed by atoms with Crippen LogP contribution < -0.4 is 5.32 Å². The predicted molar refractivity (Wildman–Crippen MR) is 66.6 cm³/mol. The summed E-state index contributed by atoms with van der Waals surface area (Å²) >= 11 is 0. The first-order valence-corrected chi connectivity index (χ1v) is 6.23. The van der Waals surface area contributed by atoms with Gasteiger partial charge in [0.15, 0.2) is 0 Å². The zero-order valence-electron chi connectivity index (χ0n) is 10.00. The highest BCUT2D eigenvalue weighted by Gasteiger charge is 2.28. The van der Waals surface area contributed by atoms with Crippen LogP contribution in [-0.4, -0.2) is 23.8 Å². The molecule has 0 radical (unpaired) electrons. The highest BCUT2D eigenvalue weighted by molar-refractivity contribution is 5.24. The van der Waals surface area contributed by atoms with Crippen molar-refractivity contribution in [3.05, 3.63) is 35.4 Å². The number of aryl methyl sites for hydroxylation is 1. The lowest BCUT2D eigenvalue weighted by Gasteiger charge is -2.32. The summed E-state index contributed by atoms with van der Waals surface area (Å²) in [6.07, 6.45) is 3.60. The third-order valence-electron chi connectivity index (χ3n) is 3.50. The molecule has 1 aromatic rings. The van der Waals surface area contributed by atoms with E-state index in [4.69, 9.17) is 0 Å². The Morgan fingerprint density at radius 1 is 1.12 bits per heavy atom. The van der Waals surface area contributed by atoms with Gasteiger partial charge < -0.3 is 10.4 Å². The third kappa shape index (κ3) is 2.83. The van der Waals surface area contributed by atoms with Crippen molar-refractivity contribution in [3.8, 4) is 0 Å². The molecule has 0 bridgehead atoms. The van der Waals surface area contributed by atoms with Gasteiger partial charge in [-0.3, -0.25) is 0 Å². The Morgan fingerprint density at radius 2 is 1.69 bits per heavy atom. The summed E-state index contributed by atoms with van der Waals surface area (Å²) in [5, 5.41) is 13.7. The minimum atomic E-state index is -0.487. The van der Waals surface area contributed by atoms with Crippen molar-refractivity contribution in [2.24, 2.45) is 0 Å². The molecule has 1 aromatic carbocycles. The maximum Gasteiger partial charge on any atom is 0.0712 e. The van der Waals surface area contributed by atoms with Crippen LogP contribution in [0.2, 0.25) is 0 Å². The van der Waals surface area contributed by atoms with E-state index >= 15 is 0 Å². The van der Waals surface area contributed by atoms with Crippen LogP contribution >= 0.6 is 0 Å². The van der Waals surface area contributed by atoms with E-state index in [1.54, 1.807) is 0 Å². The van der Waals surface area contributed by atoms with Crippen molar-refractivity contribution in [3.63, 3.8) is 0 Å². The molecule has 0 spiro atoms. The zero-order valence-corrected chi connectivity index (χ0v) is 10.00. The standard InChI is InChI=1S/C14H21NO/c1-2-12-3-5-13(6-4-12)11-14(16)7-9-15-10-8-14/h3-6,15-16H,2,7-11H2,1H3. The quantitative estimate of drug-likeness (QED) is 0.814. The van der Waals surface area contributed by atoms with Crippen molar-refractivity contribution >= 4 is 0 Å². The maximum atomic E-state index is 10.4. The van der Waals surface area contributed by atoms with Crippen LogP contribution in [-0.2, 0) is 12.8 Å². The van der Waals surface area contributed by atoms with Gasteiger partial charge in [0.1, 0.15) is 0 Å². The van der Waals surface area contributed by atoms with Crippen LogP contribution in [0.1, 0.15) is 30.9 Å². The van der Waals surface area contributed by atoms with Crippen LogP contribution in [0.25, 0.3) is 0 Å². The van der Waals surface area contributed by atoms with Gasteiger partial charge in [0.05, 0.1) is 5.60 Å². The van der Waals surface area contributed by atoms with E-state index in [0.717, 1.165) is 38.8 Å². The van der Waals surface area contributed by atoms with Gasteiger partial charge in [0.25, 0.3) is 0 Å². The fourth-order valence-electron chi connectivity index (χ4n) is 2.34. The molecule has 0 aliphatic carbocycles. The molecule has 0 aromatic heterocycles. The number of piperidine rings is 1. The third-order valence-corrected chi connectivity index (χ3v) is 3.50. The van der Waals surface area contributed by atoms with Crippen LogP contribution in [0.4, 0.5) is 0 Å². The van der Waals surface area contributed by atoms with Crippen LogP contribution in [0.5, 0.6) is 0 Å². The number of aliphatic hydroxyl groups is 1. The SMILES string of the molecule is CCc1ccc(CC2(O)CCNCC2)cc1. The average molecular weight is 219 g/mol. The van der Waals surface area contributed by atoms with Crippen LogP contribution in [0.15, 0.2) is 24.3 Å². The summed E-state index contributed by atoms with van der Waals surface area (Å²) in [5.41, 5.74) is 2.13. The first-order chi connectivity index (χ1) is 7.72. The number of nitrogens with one attached hydrogen (secondary N) is 1. The van der Waals surface area contributed by atoms with E-state index in [1.807, 2.05) is 0 Å². The van der Waals surface area contributed by atoms with E-state index in [1.165, 1.54) is 11.1 Å². The average Bonchev–Trinajstić information content (AvgIpc) is 2.30. The minimum Gasteiger partial charge on any atom is -0.389 e. The molecule has 16 heavy (non-hydrogen) atoms. The van der Waals surface area contributed by atoms with Crippen molar-refractivity contribution in [2.75, 3.05) is 13.1 Å². The fraction of sp³-hybridized carbons (Fsp3) is 0.571. The van der Waals surface area contributed by atoms with E-state index in [2.05, 4.69) is 36.5 Å². The number of hydrogen-bond donors (Lipinski definition) is 2. The molecule has 1 aliphatic heterocycles. The van der Waals surface area contributed by atoms with Gasteiger partial charge in [-0.2, -0.15) is 0 Å². The van der Waals surface area contributed by atoms with Crippen molar-refractivity contribution in [1.29, 1.82) is 0 Å². The zero-order chi connectivity index (χ0) is 11.4. The topological polar surface area (TPSA) is 32.3 Å². The Morgan fingerprint density at radius 3 is 2.25 bits per heavy atom. The van der Waals surface area contributed by atoms with Crippen molar-refractivity contribution < 1.29 is 5.11 Å². The molecule has 1 saturated heterocycles. The van der Waals surface area contributed by atoms with E-state index < -0.39 is 5.60 Å². The summed E-state index contributed by atoms with van der Waals surface area (Å²) in [7, 11) is 0. The molecular weight excluding hydrogens is 198 g/mol. The van der Waals surface area contributed by atoms with Crippen molar-refractivity contribution in [2.45, 2.75) is 38.2 Å². The van der Waals surface area contributed by atoms with Gasteiger partial charge in [-0.25, -0.2) is 0 Å². The second kappa shape index (κ2) is 4.98. The van der Waals surface area contributed by atoms with Crippen LogP contribution in [0.3, 0.4) is 0 Å². The normalized spacial score (nSPS) is 19.6. The van der Waals surface area contributed by atoms with E-state index in [0.29, 0.717) is 0 Å². The lowest BCUT2D eigenvalue weighted by molar-refractivity contribution is 0.0109. The largest absolute Gasteiger partial charge is 0.389 e. The number of benzene rings is 1. The molecule has 1 aliphatic rings. The lowest BCUT2D eigenvalue weighted by atomic mass is 9.86. The second-order valence-electron chi connectivity index (χ2n) is 4.82. The Kier molecular flexibility index (Phi) is 3.62. The predicted octanol–water partition coefficient (Wildman–Crippen LogP) is 1.91.